The maximum atomic E-state index is 5.14. The molecular weight excluding hydrogens is 652 g/mol. The van der Waals surface area contributed by atoms with Gasteiger partial charge in [-0.25, -0.2) is 4.98 Å². The van der Waals surface area contributed by atoms with Gasteiger partial charge in [0.15, 0.2) is 0 Å². The van der Waals surface area contributed by atoms with Crippen molar-refractivity contribution in [3.8, 4) is 11.4 Å². The summed E-state index contributed by atoms with van der Waals surface area (Å²) in [6.45, 7) is 28.2. The predicted octanol–water partition coefficient (Wildman–Crippen LogP) is 10.5. The van der Waals surface area contributed by atoms with Gasteiger partial charge in [0.2, 0.25) is 0 Å². The maximum absolute atomic E-state index is 5.14. The molecule has 0 aliphatic rings. The van der Waals surface area contributed by atoms with Crippen LogP contribution in [0.4, 0.5) is 0 Å². The van der Waals surface area contributed by atoms with Gasteiger partial charge in [0, 0.05) is 11.1 Å². The number of allylic oxidation sites excluding steroid dienone is 16. The summed E-state index contributed by atoms with van der Waals surface area (Å²) >= 11 is 1.65. The first-order valence-corrected chi connectivity index (χ1v) is 18.0. The van der Waals surface area contributed by atoms with Crippen molar-refractivity contribution in [2.45, 2.75) is 34.5 Å². The van der Waals surface area contributed by atoms with Crippen LogP contribution in [0.25, 0.3) is 62.2 Å². The zero-order valence-electron chi connectivity index (χ0n) is 31.1. The van der Waals surface area contributed by atoms with Gasteiger partial charge in [-0.2, -0.15) is 0 Å². The van der Waals surface area contributed by atoms with E-state index in [1.165, 1.54) is 0 Å². The van der Waals surface area contributed by atoms with Gasteiger partial charge in [-0.15, -0.1) is 5.98 Å². The van der Waals surface area contributed by atoms with Crippen LogP contribution in [0.5, 0.6) is 0 Å². The first kappa shape index (κ1) is 39.1. The predicted molar refractivity (Wildman–Crippen MR) is 236 cm³/mol. The standard InChI is InChI=1S/C44H45B2N5S/c1-10-17-19-22-34(28-45)43-49-41(31(14-5)20-12-3)48-42(50-43)33-24-25-40-38(27-33)47-44(52-40)32(15-6)26-35(29-46-9)51-30(8)36(23-18-11-2)37(21-13-4)39(51)16-7/h10-29H,2-3,5,7,45H2,1,4,6,8-9H3/b17-10-,21-13-,22-19-,23-18-,31-20+,32-15+,34-28-,35-26+. The molecule has 3 heterocycles. The second-order valence-electron chi connectivity index (χ2n) is 11.4. The van der Waals surface area contributed by atoms with Gasteiger partial charge >= 0.3 is 223 Å². The molecule has 52 heavy (non-hydrogen) atoms. The Kier molecular flexibility index (Phi) is 14.3. The van der Waals surface area contributed by atoms with Crippen LogP contribution in [0.2, 0.25) is 6.82 Å². The fourth-order valence-corrected chi connectivity index (χ4v) is 6.67. The Morgan fingerprint density at radius 3 is 2.25 bits per heavy atom. The second-order valence-corrected chi connectivity index (χ2v) is 12.5. The monoisotopic (exact) mass is 697 g/mol. The molecule has 258 valence electrons. The number of rotatable bonds is 15. The van der Waals surface area contributed by atoms with E-state index in [2.05, 4.69) is 87.1 Å². The summed E-state index contributed by atoms with van der Waals surface area (Å²) in [5, 5.41) is 0.910. The molecular formula is C44H45B2N5S. The van der Waals surface area contributed by atoms with Crippen LogP contribution in [0.15, 0.2) is 123 Å². The molecule has 0 unspecified atom stereocenters. The minimum absolute atomic E-state index is 0.519. The van der Waals surface area contributed by atoms with Crippen molar-refractivity contribution in [1.29, 1.82) is 0 Å². The van der Waals surface area contributed by atoms with E-state index < -0.39 is 0 Å². The van der Waals surface area contributed by atoms with Crippen LogP contribution in [0.1, 0.15) is 59.9 Å². The Balaban J connectivity index is 1.87. The van der Waals surface area contributed by atoms with E-state index in [9.17, 15) is 0 Å². The molecule has 0 bridgehead atoms. The first-order chi connectivity index (χ1) is 25.3. The van der Waals surface area contributed by atoms with Gasteiger partial charge in [0.05, 0.1) is 0 Å². The van der Waals surface area contributed by atoms with Crippen LogP contribution < -0.4 is 0 Å². The summed E-state index contributed by atoms with van der Waals surface area (Å²) < 4.78 is 3.31. The van der Waals surface area contributed by atoms with Crippen molar-refractivity contribution in [3.05, 3.63) is 163 Å². The molecule has 5 nitrogen and oxygen atoms in total. The Morgan fingerprint density at radius 1 is 0.865 bits per heavy atom. The van der Waals surface area contributed by atoms with Gasteiger partial charge in [-0.05, 0) is 6.92 Å². The van der Waals surface area contributed by atoms with E-state index in [-0.39, 0.29) is 0 Å². The normalized spacial score (nSPS) is 13.4. The van der Waals surface area contributed by atoms with Gasteiger partial charge in [0.1, 0.15) is 7.85 Å². The summed E-state index contributed by atoms with van der Waals surface area (Å²) in [4.78, 5) is 19.7. The van der Waals surface area contributed by atoms with Crippen LogP contribution in [-0.2, 0) is 0 Å². The average molecular weight is 698 g/mol. The summed E-state index contributed by atoms with van der Waals surface area (Å²) in [5.41, 5.74) is 9.71. The minimum atomic E-state index is 0.519. The molecule has 0 N–H and O–H groups in total. The third kappa shape index (κ3) is 8.76. The summed E-state index contributed by atoms with van der Waals surface area (Å²) in [7, 11) is 1.97. The molecule has 4 aromatic rings. The Labute approximate surface area is 314 Å². The third-order valence-electron chi connectivity index (χ3n) is 8.12. The molecule has 0 atom stereocenters. The van der Waals surface area contributed by atoms with Crippen molar-refractivity contribution in [2.75, 3.05) is 0 Å². The molecule has 0 saturated carbocycles. The number of hydrogen-bond donors (Lipinski definition) is 0. The van der Waals surface area contributed by atoms with E-state index in [0.717, 1.165) is 65.7 Å². The van der Waals surface area contributed by atoms with E-state index in [1.807, 2.05) is 96.1 Å². The van der Waals surface area contributed by atoms with E-state index in [1.54, 1.807) is 29.6 Å². The quantitative estimate of drug-likeness (QED) is 0.0917. The number of nitrogens with zero attached hydrogens (tertiary/aromatic N) is 5. The Morgan fingerprint density at radius 2 is 1.63 bits per heavy atom. The number of hydrogen-bond acceptors (Lipinski definition) is 5. The topological polar surface area (TPSA) is 56.5 Å². The Hall–Kier alpha value is -5.72. The molecule has 8 heteroatoms. The second kappa shape index (κ2) is 19.0. The number of thiazole rings is 1. The fourth-order valence-electron chi connectivity index (χ4n) is 5.67. The zero-order valence-corrected chi connectivity index (χ0v) is 31.9. The molecule has 0 aliphatic heterocycles. The molecule has 0 spiro atoms. The van der Waals surface area contributed by atoms with Crippen molar-refractivity contribution < 1.29 is 0 Å². The van der Waals surface area contributed by atoms with Crippen molar-refractivity contribution >= 4 is 82.9 Å². The van der Waals surface area contributed by atoms with Gasteiger partial charge in [-0.1, -0.05) is 55.7 Å². The van der Waals surface area contributed by atoms with E-state index in [0.29, 0.717) is 17.5 Å². The molecule has 0 amide bonds. The molecule has 0 aliphatic carbocycles. The number of fused-ring (bicyclic) bond motifs is 1. The molecule has 0 radical (unpaired) electrons. The molecule has 3 aromatic heterocycles. The van der Waals surface area contributed by atoms with Crippen molar-refractivity contribution in [1.82, 2.24) is 24.5 Å². The van der Waals surface area contributed by atoms with Gasteiger partial charge in [-0.3, -0.25) is 0 Å². The van der Waals surface area contributed by atoms with E-state index >= 15 is 0 Å². The number of aromatic nitrogens is 5. The van der Waals surface area contributed by atoms with Crippen LogP contribution >= 0.6 is 11.3 Å². The summed E-state index contributed by atoms with van der Waals surface area (Å²) in [6, 6.07) is 6.17. The SMILES string of the molecule is B/C=C(/C=C\C=C/C)c1nc(/C(C=C)=C/C=C)nc(-c2ccc3sc(C(=C/C)/C=C(\C=B/C)n4c(C)c(/C=C\C=C)c(/C=C\C)c4C=C)nc3c2)n1. The molecule has 1 aromatic carbocycles. The van der Waals surface area contributed by atoms with Crippen LogP contribution in [0.3, 0.4) is 0 Å². The number of benzene rings is 1. The Bertz CT molecular complexity index is 2280. The summed E-state index contributed by atoms with van der Waals surface area (Å²) in [5.74, 6) is 5.75. The summed E-state index contributed by atoms with van der Waals surface area (Å²) in [6.07, 6.45) is 29.4. The zero-order chi connectivity index (χ0) is 37.6. The van der Waals surface area contributed by atoms with E-state index in [4.69, 9.17) is 19.9 Å². The molecule has 0 fully saturated rings. The molecule has 4 rings (SSSR count). The van der Waals surface area contributed by atoms with Crippen molar-refractivity contribution in [3.63, 3.8) is 0 Å². The van der Waals surface area contributed by atoms with Crippen LogP contribution in [-0.4, -0.2) is 45.2 Å². The van der Waals surface area contributed by atoms with Gasteiger partial charge in [0.25, 0.3) is 0 Å². The van der Waals surface area contributed by atoms with Crippen molar-refractivity contribution in [2.24, 2.45) is 0 Å². The average Bonchev–Trinajstić information content (AvgIpc) is 3.70. The first-order valence-electron chi connectivity index (χ1n) is 17.2. The fraction of sp³-hybridized carbons (Fsp3) is 0.114. The molecule has 0 saturated heterocycles. The van der Waals surface area contributed by atoms with Gasteiger partial charge < -0.3 is 0 Å². The third-order valence-corrected chi connectivity index (χ3v) is 9.21. The van der Waals surface area contributed by atoms with Crippen LogP contribution in [0, 0.1) is 6.92 Å².